The van der Waals surface area contributed by atoms with Crippen molar-refractivity contribution in [2.45, 2.75) is 24.6 Å². The number of hydrogen-bond donors (Lipinski definition) is 3. The first-order chi connectivity index (χ1) is 9.46. The van der Waals surface area contributed by atoms with Gasteiger partial charge in [0.05, 0.1) is 12.7 Å². The maximum atomic E-state index is 12.2. The Morgan fingerprint density at radius 1 is 1.40 bits per heavy atom. The van der Waals surface area contributed by atoms with Gasteiger partial charge < -0.3 is 14.8 Å². The molecule has 9 heteroatoms. The number of nitrogens with zero attached hydrogens (tertiary/aromatic N) is 1. The van der Waals surface area contributed by atoms with Gasteiger partial charge in [0.2, 0.25) is 0 Å². The minimum Gasteiger partial charge on any atom is -0.382 e. The molecule has 1 rings (SSSR count). The lowest BCUT2D eigenvalue weighted by Crippen LogP contribution is -2.36. The molecule has 1 unspecified atom stereocenters. The molecule has 1 aromatic heterocycles. The van der Waals surface area contributed by atoms with Crippen LogP contribution in [-0.4, -0.2) is 59.1 Å². The summed E-state index contributed by atoms with van der Waals surface area (Å²) >= 11 is 0. The Hall–Kier alpha value is -1.00. The van der Waals surface area contributed by atoms with Crippen molar-refractivity contribution in [1.29, 1.82) is 0 Å². The van der Waals surface area contributed by atoms with Crippen LogP contribution >= 0.6 is 0 Å². The van der Waals surface area contributed by atoms with Gasteiger partial charge >= 0.3 is 0 Å². The summed E-state index contributed by atoms with van der Waals surface area (Å²) in [5.74, 6) is 0. The highest BCUT2D eigenvalue weighted by Crippen LogP contribution is 2.15. The van der Waals surface area contributed by atoms with Crippen LogP contribution < -0.4 is 10.0 Å². The lowest BCUT2D eigenvalue weighted by molar-refractivity contribution is 0.0320. The second-order valence-corrected chi connectivity index (χ2v) is 6.01. The van der Waals surface area contributed by atoms with Crippen LogP contribution in [0.1, 0.15) is 11.3 Å². The van der Waals surface area contributed by atoms with E-state index in [2.05, 4.69) is 20.2 Å². The van der Waals surface area contributed by atoms with E-state index in [4.69, 9.17) is 9.47 Å². The first-order valence-electron chi connectivity index (χ1n) is 6.16. The lowest BCUT2D eigenvalue weighted by Gasteiger charge is -2.15. The number of ether oxygens (including phenoxy) is 2. The number of hydrogen-bond acceptors (Lipinski definition) is 6. The van der Waals surface area contributed by atoms with E-state index in [0.29, 0.717) is 18.7 Å². The molecule has 116 valence electrons. The van der Waals surface area contributed by atoms with Crippen molar-refractivity contribution in [2.24, 2.45) is 0 Å². The third-order valence-corrected chi connectivity index (χ3v) is 4.22. The van der Waals surface area contributed by atoms with E-state index in [1.807, 2.05) is 0 Å². The molecular formula is C11H22N4O4S. The van der Waals surface area contributed by atoms with Crippen LogP contribution in [0.4, 0.5) is 0 Å². The summed E-state index contributed by atoms with van der Waals surface area (Å²) < 4.78 is 37.0. The zero-order valence-corrected chi connectivity index (χ0v) is 13.0. The predicted molar refractivity (Wildman–Crippen MR) is 73.9 cm³/mol. The Bertz CT molecular complexity index is 514. The van der Waals surface area contributed by atoms with E-state index >= 15 is 0 Å². The van der Waals surface area contributed by atoms with Gasteiger partial charge in [-0.25, -0.2) is 13.1 Å². The van der Waals surface area contributed by atoms with E-state index in [9.17, 15) is 8.42 Å². The van der Waals surface area contributed by atoms with Crippen molar-refractivity contribution in [3.8, 4) is 0 Å². The SMILES string of the molecule is CNCc1c(S(=O)(=O)NCC(COC)OC)n[nH]c1C. The molecule has 0 aliphatic rings. The maximum absolute atomic E-state index is 12.2. The van der Waals surface area contributed by atoms with Crippen LogP contribution in [0.3, 0.4) is 0 Å². The van der Waals surface area contributed by atoms with Gasteiger partial charge in [-0.15, -0.1) is 0 Å². The zero-order chi connectivity index (χ0) is 15.2. The van der Waals surface area contributed by atoms with Crippen LogP contribution in [0.25, 0.3) is 0 Å². The molecule has 3 N–H and O–H groups in total. The quantitative estimate of drug-likeness (QED) is 0.561. The van der Waals surface area contributed by atoms with Gasteiger partial charge in [-0.2, -0.15) is 5.10 Å². The average molecular weight is 306 g/mol. The zero-order valence-electron chi connectivity index (χ0n) is 12.2. The summed E-state index contributed by atoms with van der Waals surface area (Å²) in [5.41, 5.74) is 1.35. The van der Waals surface area contributed by atoms with Gasteiger partial charge in [-0.3, -0.25) is 5.10 Å². The van der Waals surface area contributed by atoms with Crippen molar-refractivity contribution in [1.82, 2.24) is 20.2 Å². The molecule has 0 spiro atoms. The number of aromatic amines is 1. The van der Waals surface area contributed by atoms with Crippen LogP contribution in [-0.2, 0) is 26.0 Å². The molecule has 0 amide bonds. The topological polar surface area (TPSA) is 105 Å². The van der Waals surface area contributed by atoms with Gasteiger partial charge in [0.25, 0.3) is 10.0 Å². The van der Waals surface area contributed by atoms with E-state index < -0.39 is 10.0 Å². The summed E-state index contributed by atoms with van der Waals surface area (Å²) in [4.78, 5) is 0. The Morgan fingerprint density at radius 3 is 2.65 bits per heavy atom. The number of aromatic nitrogens is 2. The predicted octanol–water partition coefficient (Wildman–Crippen LogP) is -0.623. The molecule has 0 saturated heterocycles. The summed E-state index contributed by atoms with van der Waals surface area (Å²) in [5, 5.41) is 9.49. The molecule has 0 saturated carbocycles. The largest absolute Gasteiger partial charge is 0.382 e. The van der Waals surface area contributed by atoms with Crippen LogP contribution in [0.15, 0.2) is 5.03 Å². The van der Waals surface area contributed by atoms with Crippen molar-refractivity contribution in [3.63, 3.8) is 0 Å². The highest BCUT2D eigenvalue weighted by molar-refractivity contribution is 7.89. The Balaban J connectivity index is 2.83. The maximum Gasteiger partial charge on any atom is 0.260 e. The number of sulfonamides is 1. The molecule has 0 radical (unpaired) electrons. The summed E-state index contributed by atoms with van der Waals surface area (Å²) in [6.45, 7) is 2.63. The van der Waals surface area contributed by atoms with E-state index in [1.54, 1.807) is 14.0 Å². The van der Waals surface area contributed by atoms with E-state index in [-0.39, 0.29) is 17.7 Å². The second-order valence-electron chi connectivity index (χ2n) is 4.33. The molecule has 0 fully saturated rings. The highest BCUT2D eigenvalue weighted by Gasteiger charge is 2.24. The van der Waals surface area contributed by atoms with Crippen LogP contribution in [0, 0.1) is 6.92 Å². The van der Waals surface area contributed by atoms with E-state index in [1.165, 1.54) is 14.2 Å². The van der Waals surface area contributed by atoms with Crippen molar-refractivity contribution in [2.75, 3.05) is 34.4 Å². The third kappa shape index (κ3) is 4.25. The van der Waals surface area contributed by atoms with Gasteiger partial charge in [-0.1, -0.05) is 0 Å². The fourth-order valence-corrected chi connectivity index (χ4v) is 2.96. The van der Waals surface area contributed by atoms with Crippen LogP contribution in [0.5, 0.6) is 0 Å². The summed E-state index contributed by atoms with van der Waals surface area (Å²) in [6.07, 6.45) is -0.345. The second kappa shape index (κ2) is 7.70. The molecular weight excluding hydrogens is 284 g/mol. The van der Waals surface area contributed by atoms with E-state index in [0.717, 1.165) is 5.69 Å². The summed E-state index contributed by atoms with van der Waals surface area (Å²) in [7, 11) is 1.10. The Morgan fingerprint density at radius 2 is 2.10 bits per heavy atom. The monoisotopic (exact) mass is 306 g/mol. The molecule has 0 aliphatic carbocycles. The van der Waals surface area contributed by atoms with Crippen molar-refractivity contribution in [3.05, 3.63) is 11.3 Å². The molecule has 0 bridgehead atoms. The number of aryl methyl sites for hydroxylation is 1. The van der Waals surface area contributed by atoms with Crippen molar-refractivity contribution < 1.29 is 17.9 Å². The highest BCUT2D eigenvalue weighted by atomic mass is 32.2. The fraction of sp³-hybridized carbons (Fsp3) is 0.727. The van der Waals surface area contributed by atoms with Crippen LogP contribution in [0.2, 0.25) is 0 Å². The van der Waals surface area contributed by atoms with Gasteiger partial charge in [0, 0.05) is 38.6 Å². The standard InChI is InChI=1S/C11H22N4O4S/c1-8-10(6-12-2)11(15-14-8)20(16,17)13-5-9(19-4)7-18-3/h9,12-13H,5-7H2,1-4H3,(H,14,15). The number of rotatable bonds is 9. The first kappa shape index (κ1) is 17.1. The van der Waals surface area contributed by atoms with Crippen molar-refractivity contribution >= 4 is 10.0 Å². The lowest BCUT2D eigenvalue weighted by atomic mass is 10.3. The van der Waals surface area contributed by atoms with Gasteiger partial charge in [0.15, 0.2) is 5.03 Å². The van der Waals surface area contributed by atoms with Gasteiger partial charge in [-0.05, 0) is 14.0 Å². The Kier molecular flexibility index (Phi) is 6.56. The number of nitrogens with one attached hydrogen (secondary N) is 3. The summed E-state index contributed by atoms with van der Waals surface area (Å²) in [6, 6.07) is 0. The fourth-order valence-electron chi connectivity index (χ4n) is 1.70. The molecule has 1 atom stereocenters. The Labute approximate surface area is 119 Å². The molecule has 1 heterocycles. The molecule has 0 aromatic carbocycles. The molecule has 1 aromatic rings. The minimum absolute atomic E-state index is 0.0108. The average Bonchev–Trinajstić information content (AvgIpc) is 2.77. The normalized spacial score (nSPS) is 13.6. The number of methoxy groups -OCH3 is 2. The number of H-pyrrole nitrogens is 1. The smallest absolute Gasteiger partial charge is 0.260 e. The molecule has 20 heavy (non-hydrogen) atoms. The minimum atomic E-state index is -3.68. The molecule has 8 nitrogen and oxygen atoms in total. The molecule has 0 aliphatic heterocycles. The van der Waals surface area contributed by atoms with Gasteiger partial charge in [0.1, 0.15) is 0 Å². The third-order valence-electron chi connectivity index (χ3n) is 2.83. The first-order valence-corrected chi connectivity index (χ1v) is 7.64.